The van der Waals surface area contributed by atoms with Crippen molar-refractivity contribution in [3.63, 3.8) is 0 Å². The first-order chi connectivity index (χ1) is 19.8. The van der Waals surface area contributed by atoms with Gasteiger partial charge in [-0.1, -0.05) is 148 Å². The van der Waals surface area contributed by atoms with E-state index in [1.54, 1.807) is 0 Å². The smallest absolute Gasteiger partial charge is 0.0397 e. The van der Waals surface area contributed by atoms with Crippen molar-refractivity contribution in [2.24, 2.45) is 0 Å². The summed E-state index contributed by atoms with van der Waals surface area (Å²) in [6.45, 7) is 13.7. The number of benzene rings is 4. The van der Waals surface area contributed by atoms with Gasteiger partial charge in [0, 0.05) is 47.6 Å². The van der Waals surface area contributed by atoms with Crippen LogP contribution in [-0.4, -0.2) is 9.52 Å². The molecule has 0 saturated carbocycles. The summed E-state index contributed by atoms with van der Waals surface area (Å²) in [6.07, 6.45) is 4.92. The molecule has 0 aliphatic heterocycles. The van der Waals surface area contributed by atoms with Crippen LogP contribution in [0.5, 0.6) is 0 Å². The van der Waals surface area contributed by atoms with Crippen molar-refractivity contribution >= 4 is 21.7 Å². The number of hydrogen-bond acceptors (Lipinski definition) is 0. The minimum atomic E-state index is 0. The van der Waals surface area contributed by atoms with Crippen molar-refractivity contribution in [2.75, 3.05) is 0 Å². The molecule has 0 nitrogen and oxygen atoms in total. The molecule has 0 heterocycles. The van der Waals surface area contributed by atoms with Crippen LogP contribution in [0.3, 0.4) is 0 Å². The van der Waals surface area contributed by atoms with Gasteiger partial charge in [-0.3, -0.25) is 0 Å². The fraction of sp³-hybridized carbons (Fsp3) is 0.300. The molecule has 0 fully saturated rings. The fourth-order valence-corrected chi connectivity index (χ4v) is 8.58. The Morgan fingerprint density at radius 3 is 1.29 bits per heavy atom. The van der Waals surface area contributed by atoms with Gasteiger partial charge in [-0.05, 0) is 81.3 Å². The van der Waals surface area contributed by atoms with Crippen molar-refractivity contribution in [1.82, 2.24) is 0 Å². The number of hydrogen-bond donors (Lipinski definition) is 0. The van der Waals surface area contributed by atoms with Crippen LogP contribution >= 0.6 is 0 Å². The Hall–Kier alpha value is -2.54. The molecular weight excluding hydrogens is 600 g/mol. The summed E-state index contributed by atoms with van der Waals surface area (Å²) >= 11 is 0. The van der Waals surface area contributed by atoms with E-state index in [4.69, 9.17) is 0 Å². The summed E-state index contributed by atoms with van der Waals surface area (Å²) < 4.78 is 0. The molecule has 0 N–H and O–H groups in total. The molecule has 2 aliphatic rings. The van der Waals surface area contributed by atoms with Gasteiger partial charge in [-0.15, -0.1) is 0 Å². The molecule has 0 bridgehead atoms. The summed E-state index contributed by atoms with van der Waals surface area (Å²) in [6, 6.07) is 34.8. The molecule has 2 unspecified atom stereocenters. The second-order valence-corrected chi connectivity index (χ2v) is 14.0. The van der Waals surface area contributed by atoms with Gasteiger partial charge in [0.1, 0.15) is 0 Å². The molecule has 0 saturated heterocycles. The van der Waals surface area contributed by atoms with E-state index < -0.39 is 0 Å². The molecule has 6 rings (SSSR count). The summed E-state index contributed by atoms with van der Waals surface area (Å²) in [5.74, 6) is 2.20. The molecule has 0 aromatic heterocycles. The summed E-state index contributed by atoms with van der Waals surface area (Å²) in [7, 11) is 0.932. The van der Waals surface area contributed by atoms with Gasteiger partial charge in [-0.25, -0.2) is 0 Å². The maximum Gasteiger partial charge on any atom is 0.0397 e. The van der Waals surface area contributed by atoms with Crippen molar-refractivity contribution < 1.29 is 26.2 Å². The van der Waals surface area contributed by atoms with Crippen LogP contribution in [0.4, 0.5) is 0 Å². The predicted molar refractivity (Wildman–Crippen MR) is 180 cm³/mol. The second-order valence-electron chi connectivity index (χ2n) is 12.7. The zero-order valence-electron chi connectivity index (χ0n) is 26.0. The third-order valence-corrected chi connectivity index (χ3v) is 10.7. The second kappa shape index (κ2) is 13.0. The molecule has 0 spiro atoms. The van der Waals surface area contributed by atoms with Gasteiger partial charge in [-0.2, -0.15) is 0 Å². The first-order valence-electron chi connectivity index (χ1n) is 15.4. The van der Waals surface area contributed by atoms with E-state index in [0.29, 0.717) is 23.7 Å². The van der Waals surface area contributed by atoms with E-state index in [1.807, 2.05) is 0 Å². The largest absolute Gasteiger partial charge is 0.0655 e. The van der Waals surface area contributed by atoms with E-state index in [0.717, 1.165) is 9.52 Å². The van der Waals surface area contributed by atoms with Gasteiger partial charge >= 0.3 is 0 Å². The van der Waals surface area contributed by atoms with Gasteiger partial charge in [0.25, 0.3) is 0 Å². The van der Waals surface area contributed by atoms with Crippen LogP contribution in [-0.2, 0) is 26.2 Å². The van der Waals surface area contributed by atoms with Crippen LogP contribution in [0.25, 0.3) is 34.4 Å². The zero-order valence-corrected chi connectivity index (χ0v) is 29.4. The Morgan fingerprint density at radius 1 is 0.548 bits per heavy atom. The Balaban J connectivity index is 0.00000353. The third kappa shape index (κ3) is 5.95. The minimum absolute atomic E-state index is 0. The van der Waals surface area contributed by atoms with Crippen LogP contribution in [0, 0.1) is 0 Å². The Labute approximate surface area is 275 Å². The van der Waals surface area contributed by atoms with Crippen LogP contribution in [0.1, 0.15) is 98.6 Å². The maximum absolute atomic E-state index is 2.46. The van der Waals surface area contributed by atoms with Crippen LogP contribution < -0.4 is 0 Å². The van der Waals surface area contributed by atoms with Crippen molar-refractivity contribution in [3.05, 3.63) is 129 Å². The molecule has 42 heavy (non-hydrogen) atoms. The average Bonchev–Trinajstić information content (AvgIpc) is 3.48. The molecule has 210 valence electrons. The molecule has 2 heteroatoms. The normalized spacial score (nSPS) is 17.1. The summed E-state index contributed by atoms with van der Waals surface area (Å²) in [5, 5.41) is 0. The van der Waals surface area contributed by atoms with Crippen molar-refractivity contribution in [2.45, 2.75) is 77.3 Å². The first kappa shape index (κ1) is 30.9. The first-order valence-corrected chi connectivity index (χ1v) is 16.8. The molecule has 2 radical (unpaired) electrons. The van der Waals surface area contributed by atoms with Gasteiger partial charge in [0.2, 0.25) is 0 Å². The number of allylic oxidation sites excluding steroid dienone is 2. The van der Waals surface area contributed by atoms with Gasteiger partial charge in [0.05, 0.1) is 0 Å². The van der Waals surface area contributed by atoms with E-state index in [2.05, 4.69) is 139 Å². The fourth-order valence-electron chi connectivity index (χ4n) is 6.76. The van der Waals surface area contributed by atoms with Crippen LogP contribution in [0.2, 0.25) is 12.1 Å². The topological polar surface area (TPSA) is 0 Å². The predicted octanol–water partition coefficient (Wildman–Crippen LogP) is 11.5. The monoisotopic (exact) mass is 640 g/mol. The number of rotatable bonds is 8. The summed E-state index contributed by atoms with van der Waals surface area (Å²) in [4.78, 5) is 0. The Bertz CT molecular complexity index is 1500. The molecule has 2 atom stereocenters. The van der Waals surface area contributed by atoms with Gasteiger partial charge in [0.15, 0.2) is 0 Å². The van der Waals surface area contributed by atoms with Crippen molar-refractivity contribution in [1.29, 1.82) is 0 Å². The third-order valence-electron chi connectivity index (χ3n) is 9.35. The molecule has 4 aromatic carbocycles. The van der Waals surface area contributed by atoms with Crippen molar-refractivity contribution in [3.8, 4) is 22.3 Å². The van der Waals surface area contributed by atoms with E-state index in [9.17, 15) is 0 Å². The molecule has 0 amide bonds. The van der Waals surface area contributed by atoms with E-state index >= 15 is 0 Å². The average molecular weight is 642 g/mol. The molecule has 4 aromatic rings. The summed E-state index contributed by atoms with van der Waals surface area (Å²) in [5.41, 5.74) is 17.2. The van der Waals surface area contributed by atoms with Gasteiger partial charge < -0.3 is 0 Å². The molecule has 2 aliphatic carbocycles. The van der Waals surface area contributed by atoms with E-state index in [1.165, 1.54) is 78.9 Å². The van der Waals surface area contributed by atoms with Crippen LogP contribution in [0.15, 0.2) is 96.1 Å². The quantitative estimate of drug-likeness (QED) is 0.168. The standard InChI is InChI=1S/C40H42Si.Zr/c1-25(2)29-13-17-31(18-14-29)33-9-7-11-35-37(33)21-27(5)39(35)23-41-24-40-28(6)22-38-34(10-8-12-36(38)40)32-19-15-30(16-20-32)26(3)4;/h7-22,25-26,39-40H,23-24H2,1-6H3;. The van der Waals surface area contributed by atoms with E-state index in [-0.39, 0.29) is 26.2 Å². The Kier molecular flexibility index (Phi) is 9.56. The SMILES string of the molecule is CC1=Cc2c(-c3ccc(C(C)C)cc3)cccc2C1C[Si]CC1C(C)=Cc2c(-c3ccc(C(C)C)cc3)cccc21.[Zr]. The molecular formula is C40H42SiZr. The maximum atomic E-state index is 2.46. The minimum Gasteiger partial charge on any atom is -0.0655 e. The Morgan fingerprint density at radius 2 is 0.929 bits per heavy atom. The zero-order chi connectivity index (χ0) is 28.7. The number of fused-ring (bicyclic) bond motifs is 2.